The number of rotatable bonds is 7. The van der Waals surface area contributed by atoms with Crippen molar-refractivity contribution in [2.75, 3.05) is 11.5 Å². The predicted octanol–water partition coefficient (Wildman–Crippen LogP) is 5.72. The minimum absolute atomic E-state index is 0.172. The Kier molecular flexibility index (Phi) is 6.66. The van der Waals surface area contributed by atoms with Crippen LogP contribution in [0.5, 0.6) is 11.5 Å². The van der Waals surface area contributed by atoms with Crippen LogP contribution >= 0.6 is 11.6 Å². The van der Waals surface area contributed by atoms with Gasteiger partial charge in [0.1, 0.15) is 12.3 Å². The van der Waals surface area contributed by atoms with Crippen molar-refractivity contribution in [3.63, 3.8) is 0 Å². The molecular weight excluding hydrogens is 440 g/mol. The summed E-state index contributed by atoms with van der Waals surface area (Å²) in [7, 11) is 0. The normalized spacial score (nSPS) is 14.5. The minimum atomic E-state index is -0.517. The summed E-state index contributed by atoms with van der Waals surface area (Å²) in [5.41, 5.74) is 3.55. The van der Waals surface area contributed by atoms with Gasteiger partial charge in [-0.15, -0.1) is 0 Å². The number of ether oxygens (including phenoxy) is 2. The summed E-state index contributed by atoms with van der Waals surface area (Å²) in [6.07, 6.45) is 1.61. The zero-order valence-electron chi connectivity index (χ0n) is 18.3. The van der Waals surface area contributed by atoms with E-state index in [0.717, 1.165) is 10.5 Å². The first-order valence-corrected chi connectivity index (χ1v) is 10.9. The van der Waals surface area contributed by atoms with E-state index in [1.807, 2.05) is 44.2 Å². The second-order valence-electron chi connectivity index (χ2n) is 7.52. The number of amides is 3. The summed E-state index contributed by atoms with van der Waals surface area (Å²) in [5, 5.41) is 3.15. The lowest BCUT2D eigenvalue weighted by atomic mass is 10.1. The second kappa shape index (κ2) is 9.79. The van der Waals surface area contributed by atoms with E-state index in [1.165, 1.54) is 5.56 Å². The molecule has 0 saturated carbocycles. The number of imide groups is 1. The Morgan fingerprint density at radius 2 is 1.67 bits per heavy atom. The lowest BCUT2D eigenvalue weighted by Gasteiger charge is -2.13. The van der Waals surface area contributed by atoms with Crippen LogP contribution in [0.25, 0.3) is 6.08 Å². The second-order valence-corrected chi connectivity index (χ2v) is 7.96. The number of urea groups is 1. The summed E-state index contributed by atoms with van der Waals surface area (Å²) >= 11 is 5.91. The maximum absolute atomic E-state index is 12.9. The van der Waals surface area contributed by atoms with Gasteiger partial charge in [0.15, 0.2) is 11.5 Å². The molecule has 7 heteroatoms. The molecule has 3 aromatic rings. The molecule has 6 nitrogen and oxygen atoms in total. The highest BCUT2D eigenvalue weighted by atomic mass is 35.5. The smallest absolute Gasteiger partial charge is 0.333 e. The molecule has 0 radical (unpaired) electrons. The van der Waals surface area contributed by atoms with Crippen LogP contribution in [0.4, 0.5) is 10.5 Å². The predicted molar refractivity (Wildman–Crippen MR) is 129 cm³/mol. The van der Waals surface area contributed by atoms with Gasteiger partial charge in [-0.2, -0.15) is 0 Å². The molecule has 1 fully saturated rings. The van der Waals surface area contributed by atoms with Crippen LogP contribution < -0.4 is 19.7 Å². The van der Waals surface area contributed by atoms with Crippen molar-refractivity contribution in [2.45, 2.75) is 20.5 Å². The van der Waals surface area contributed by atoms with Gasteiger partial charge in [0, 0.05) is 5.02 Å². The molecule has 33 heavy (non-hydrogen) atoms. The standard InChI is InChI=1S/C26H23ClN2O4/c1-3-32-24-15-19(8-13-23(24)33-16-18-6-4-17(2)5-7-18)14-22-25(30)29(26(31)28-22)21-11-9-20(27)10-12-21/h4-15H,3,16H2,1-2H3,(H,28,31)/b22-14+. The fraction of sp³-hybridized carbons (Fsp3) is 0.154. The molecule has 168 valence electrons. The maximum atomic E-state index is 12.9. The van der Waals surface area contributed by atoms with Crippen molar-refractivity contribution in [1.82, 2.24) is 5.32 Å². The third kappa shape index (κ3) is 5.18. The molecule has 0 spiro atoms. The highest BCUT2D eigenvalue weighted by Crippen LogP contribution is 2.31. The summed E-state index contributed by atoms with van der Waals surface area (Å²) in [6.45, 7) is 4.79. The third-order valence-corrected chi connectivity index (χ3v) is 5.31. The van der Waals surface area contributed by atoms with Crippen LogP contribution in [0.2, 0.25) is 5.02 Å². The summed E-state index contributed by atoms with van der Waals surface area (Å²) in [6, 6.07) is 19.5. The van der Waals surface area contributed by atoms with Gasteiger partial charge in [0.2, 0.25) is 0 Å². The molecule has 3 amide bonds. The monoisotopic (exact) mass is 462 g/mol. The van der Waals surface area contributed by atoms with Gasteiger partial charge in [-0.05, 0) is 67.4 Å². The van der Waals surface area contributed by atoms with Crippen molar-refractivity contribution in [3.8, 4) is 11.5 Å². The third-order valence-electron chi connectivity index (χ3n) is 5.06. The molecule has 0 aromatic heterocycles. The Morgan fingerprint density at radius 3 is 2.36 bits per heavy atom. The quantitative estimate of drug-likeness (QED) is 0.360. The van der Waals surface area contributed by atoms with E-state index in [9.17, 15) is 9.59 Å². The number of nitrogens with zero attached hydrogens (tertiary/aromatic N) is 1. The lowest BCUT2D eigenvalue weighted by Crippen LogP contribution is -2.30. The molecule has 1 aliphatic heterocycles. The summed E-state index contributed by atoms with van der Waals surface area (Å²) < 4.78 is 11.7. The first kappa shape index (κ1) is 22.4. The van der Waals surface area contributed by atoms with Gasteiger partial charge in [0.25, 0.3) is 5.91 Å². The molecule has 4 rings (SSSR count). The zero-order valence-corrected chi connectivity index (χ0v) is 19.1. The van der Waals surface area contributed by atoms with Crippen LogP contribution in [-0.2, 0) is 11.4 Å². The molecule has 0 bridgehead atoms. The van der Waals surface area contributed by atoms with Gasteiger partial charge in [-0.25, -0.2) is 9.69 Å². The Morgan fingerprint density at radius 1 is 0.939 bits per heavy atom. The number of carbonyl (C=O) groups is 2. The van der Waals surface area contributed by atoms with Crippen LogP contribution in [0.15, 0.2) is 72.4 Å². The van der Waals surface area contributed by atoms with Crippen LogP contribution in [-0.4, -0.2) is 18.5 Å². The number of hydrogen-bond donors (Lipinski definition) is 1. The van der Waals surface area contributed by atoms with Crippen LogP contribution in [0, 0.1) is 6.92 Å². The van der Waals surface area contributed by atoms with Gasteiger partial charge < -0.3 is 14.8 Å². The molecule has 1 saturated heterocycles. The SMILES string of the molecule is CCOc1cc(/C=C2/NC(=O)N(c3ccc(Cl)cc3)C2=O)ccc1OCc1ccc(C)cc1. The number of halogens is 1. The maximum Gasteiger partial charge on any atom is 0.333 e. The average molecular weight is 463 g/mol. The number of hydrogen-bond acceptors (Lipinski definition) is 4. The fourth-order valence-corrected chi connectivity index (χ4v) is 3.50. The van der Waals surface area contributed by atoms with Gasteiger partial charge >= 0.3 is 6.03 Å². The van der Waals surface area contributed by atoms with Crippen molar-refractivity contribution in [1.29, 1.82) is 0 Å². The van der Waals surface area contributed by atoms with Gasteiger partial charge in [0.05, 0.1) is 12.3 Å². The fourth-order valence-electron chi connectivity index (χ4n) is 3.37. The van der Waals surface area contributed by atoms with Crippen molar-refractivity contribution < 1.29 is 19.1 Å². The topological polar surface area (TPSA) is 67.9 Å². The highest BCUT2D eigenvalue weighted by Gasteiger charge is 2.34. The molecule has 0 atom stereocenters. The zero-order chi connectivity index (χ0) is 23.4. The Hall–Kier alpha value is -3.77. The molecule has 3 aromatic carbocycles. The number of anilines is 1. The molecular formula is C26H23ClN2O4. The first-order valence-electron chi connectivity index (χ1n) is 10.5. The van der Waals surface area contributed by atoms with Crippen LogP contribution in [0.1, 0.15) is 23.6 Å². The number of carbonyl (C=O) groups excluding carboxylic acids is 2. The minimum Gasteiger partial charge on any atom is -0.490 e. The Labute approximate surface area is 197 Å². The van der Waals surface area contributed by atoms with Crippen LogP contribution in [0.3, 0.4) is 0 Å². The largest absolute Gasteiger partial charge is 0.490 e. The first-order chi connectivity index (χ1) is 15.9. The van der Waals surface area contributed by atoms with Crippen molar-refractivity contribution >= 4 is 35.3 Å². The average Bonchev–Trinajstić information content (AvgIpc) is 3.08. The highest BCUT2D eigenvalue weighted by molar-refractivity contribution is 6.31. The number of nitrogens with one attached hydrogen (secondary N) is 1. The lowest BCUT2D eigenvalue weighted by molar-refractivity contribution is -0.113. The van der Waals surface area contributed by atoms with Crippen molar-refractivity contribution in [3.05, 3.63) is 94.1 Å². The van der Waals surface area contributed by atoms with Crippen molar-refractivity contribution in [2.24, 2.45) is 0 Å². The summed E-state index contributed by atoms with van der Waals surface area (Å²) in [4.78, 5) is 26.3. The molecule has 1 heterocycles. The molecule has 0 unspecified atom stereocenters. The van der Waals surface area contributed by atoms with E-state index >= 15 is 0 Å². The number of aryl methyl sites for hydroxylation is 1. The Balaban J connectivity index is 1.54. The number of benzene rings is 3. The molecule has 0 aliphatic carbocycles. The van der Waals surface area contributed by atoms with E-state index < -0.39 is 11.9 Å². The van der Waals surface area contributed by atoms with Gasteiger partial charge in [-0.3, -0.25) is 4.79 Å². The van der Waals surface area contributed by atoms with Gasteiger partial charge in [-0.1, -0.05) is 47.5 Å². The van der Waals surface area contributed by atoms with E-state index in [2.05, 4.69) is 5.32 Å². The summed E-state index contributed by atoms with van der Waals surface area (Å²) in [5.74, 6) is 0.717. The molecule has 1 aliphatic rings. The van der Waals surface area contributed by atoms with E-state index in [0.29, 0.717) is 41.0 Å². The van der Waals surface area contributed by atoms with E-state index in [4.69, 9.17) is 21.1 Å². The Bertz CT molecular complexity index is 1200. The van der Waals surface area contributed by atoms with E-state index in [-0.39, 0.29) is 5.70 Å². The molecule has 1 N–H and O–H groups in total. The van der Waals surface area contributed by atoms with E-state index in [1.54, 1.807) is 42.5 Å².